The van der Waals surface area contributed by atoms with Crippen LogP contribution < -0.4 is 10.2 Å². The summed E-state index contributed by atoms with van der Waals surface area (Å²) in [4.78, 5) is 29.7. The van der Waals surface area contributed by atoms with Crippen molar-refractivity contribution in [1.29, 1.82) is 0 Å². The number of nitrogens with zero attached hydrogens (tertiary/aromatic N) is 6. The Morgan fingerprint density at radius 1 is 0.946 bits per heavy atom. The van der Waals surface area contributed by atoms with Crippen molar-refractivity contribution in [2.75, 3.05) is 42.9 Å². The highest BCUT2D eigenvalue weighted by Gasteiger charge is 2.48. The zero-order valence-corrected chi connectivity index (χ0v) is 21.0. The molecular weight excluding hydrogens is 483 g/mol. The molecular formula is C26H34F3N7O. The molecule has 37 heavy (non-hydrogen) atoms. The molecule has 0 spiro atoms. The van der Waals surface area contributed by atoms with Gasteiger partial charge in [-0.15, -0.1) is 0 Å². The molecule has 8 nitrogen and oxygen atoms in total. The number of amides is 1. The van der Waals surface area contributed by atoms with Crippen LogP contribution in [0.4, 0.5) is 24.8 Å². The molecule has 200 valence electrons. The second-order valence-corrected chi connectivity index (χ2v) is 11.0. The van der Waals surface area contributed by atoms with Gasteiger partial charge in [-0.3, -0.25) is 4.79 Å². The monoisotopic (exact) mass is 517 g/mol. The van der Waals surface area contributed by atoms with E-state index in [0.717, 1.165) is 31.8 Å². The van der Waals surface area contributed by atoms with Crippen LogP contribution in [0, 0.1) is 0 Å². The van der Waals surface area contributed by atoms with Crippen molar-refractivity contribution in [3.8, 4) is 0 Å². The Bertz CT molecular complexity index is 1130. The minimum absolute atomic E-state index is 0.00701. The number of halogens is 3. The van der Waals surface area contributed by atoms with Gasteiger partial charge in [-0.2, -0.15) is 13.2 Å². The molecule has 0 aromatic carbocycles. The molecule has 1 saturated carbocycles. The van der Waals surface area contributed by atoms with Gasteiger partial charge in [0.05, 0.1) is 17.2 Å². The summed E-state index contributed by atoms with van der Waals surface area (Å²) in [6.07, 6.45) is 6.15. The number of likely N-dealkylation sites (tertiary alicyclic amines) is 1. The summed E-state index contributed by atoms with van der Waals surface area (Å²) in [5.41, 5.74) is 1.20. The van der Waals surface area contributed by atoms with Crippen LogP contribution in [0.2, 0.25) is 0 Å². The van der Waals surface area contributed by atoms with Crippen molar-refractivity contribution in [2.24, 2.45) is 0 Å². The van der Waals surface area contributed by atoms with Crippen molar-refractivity contribution in [3.05, 3.63) is 29.6 Å². The van der Waals surface area contributed by atoms with E-state index in [4.69, 9.17) is 4.98 Å². The van der Waals surface area contributed by atoms with E-state index in [1.54, 1.807) is 0 Å². The average Bonchev–Trinajstić information content (AvgIpc) is 3.50. The van der Waals surface area contributed by atoms with Gasteiger partial charge in [-0.05, 0) is 51.6 Å². The van der Waals surface area contributed by atoms with Gasteiger partial charge in [0.1, 0.15) is 23.8 Å². The number of carbonyl (C=O) groups excluding carboxylic acids is 1. The summed E-state index contributed by atoms with van der Waals surface area (Å²) >= 11 is 0. The quantitative estimate of drug-likeness (QED) is 0.612. The highest BCUT2D eigenvalue weighted by molar-refractivity contribution is 5.94. The first-order valence-corrected chi connectivity index (χ1v) is 13.6. The Kier molecular flexibility index (Phi) is 6.58. The van der Waals surface area contributed by atoms with Crippen LogP contribution >= 0.6 is 0 Å². The van der Waals surface area contributed by atoms with Crippen molar-refractivity contribution in [1.82, 2.24) is 24.4 Å². The predicted octanol–water partition coefficient (Wildman–Crippen LogP) is 4.41. The van der Waals surface area contributed by atoms with Crippen molar-refractivity contribution in [2.45, 2.75) is 81.8 Å². The third-order valence-electron chi connectivity index (χ3n) is 8.62. The minimum atomic E-state index is -4.54. The maximum atomic E-state index is 13.9. The number of imidazole rings is 1. The lowest BCUT2D eigenvalue weighted by molar-refractivity contribution is -0.156. The summed E-state index contributed by atoms with van der Waals surface area (Å²) in [6.45, 7) is 5.47. The van der Waals surface area contributed by atoms with E-state index in [0.29, 0.717) is 24.8 Å². The van der Waals surface area contributed by atoms with Crippen LogP contribution in [0.15, 0.2) is 12.5 Å². The van der Waals surface area contributed by atoms with Crippen molar-refractivity contribution >= 4 is 17.5 Å². The number of rotatable bonds is 6. The Hall–Kier alpha value is -2.69. The van der Waals surface area contributed by atoms with E-state index in [1.165, 1.54) is 57.2 Å². The Morgan fingerprint density at radius 2 is 1.70 bits per heavy atom. The van der Waals surface area contributed by atoms with E-state index in [1.807, 2.05) is 4.90 Å². The van der Waals surface area contributed by atoms with Crippen molar-refractivity contribution < 1.29 is 18.0 Å². The summed E-state index contributed by atoms with van der Waals surface area (Å²) in [5.74, 6) is -0.327. The van der Waals surface area contributed by atoms with Gasteiger partial charge in [0.15, 0.2) is 0 Å². The van der Waals surface area contributed by atoms with E-state index in [2.05, 4.69) is 30.9 Å². The number of hydrogen-bond donors (Lipinski definition) is 1. The fourth-order valence-electron chi connectivity index (χ4n) is 6.27. The van der Waals surface area contributed by atoms with Gasteiger partial charge in [0.25, 0.3) is 0 Å². The van der Waals surface area contributed by atoms with Gasteiger partial charge >= 0.3 is 6.18 Å². The van der Waals surface area contributed by atoms with Crippen LogP contribution in [-0.4, -0.2) is 69.2 Å². The van der Waals surface area contributed by atoms with Crippen LogP contribution in [0.1, 0.15) is 86.2 Å². The maximum absolute atomic E-state index is 13.9. The van der Waals surface area contributed by atoms with Gasteiger partial charge in [-0.1, -0.05) is 6.42 Å². The lowest BCUT2D eigenvalue weighted by Gasteiger charge is -2.36. The first-order valence-electron chi connectivity index (χ1n) is 13.6. The maximum Gasteiger partial charge on any atom is 0.396 e. The lowest BCUT2D eigenvalue weighted by Crippen LogP contribution is -2.38. The molecule has 1 unspecified atom stereocenters. The third kappa shape index (κ3) is 4.94. The molecule has 1 aliphatic carbocycles. The molecule has 11 heteroatoms. The first kappa shape index (κ1) is 24.6. The summed E-state index contributed by atoms with van der Waals surface area (Å²) in [7, 11) is 0. The second kappa shape index (κ2) is 9.89. The van der Waals surface area contributed by atoms with Gasteiger partial charge in [0.2, 0.25) is 5.91 Å². The van der Waals surface area contributed by atoms with E-state index in [9.17, 15) is 18.0 Å². The van der Waals surface area contributed by atoms with Gasteiger partial charge in [0, 0.05) is 50.6 Å². The molecule has 3 fully saturated rings. The number of anilines is 2. The molecule has 6 rings (SSSR count). The zero-order valence-electron chi connectivity index (χ0n) is 21.0. The summed E-state index contributed by atoms with van der Waals surface area (Å²) in [5, 5.41) is 2.51. The molecule has 1 amide bonds. The fourth-order valence-corrected chi connectivity index (χ4v) is 6.27. The number of hydrogen-bond acceptors (Lipinski definition) is 6. The lowest BCUT2D eigenvalue weighted by atomic mass is 9.83. The number of nitrogens with one attached hydrogen (secondary N) is 1. The van der Waals surface area contributed by atoms with Crippen LogP contribution in [0.5, 0.6) is 0 Å². The van der Waals surface area contributed by atoms with Crippen LogP contribution in [0.25, 0.3) is 0 Å². The Morgan fingerprint density at radius 3 is 2.38 bits per heavy atom. The Balaban J connectivity index is 1.20. The van der Waals surface area contributed by atoms with E-state index in [-0.39, 0.29) is 17.3 Å². The normalized spacial score (nSPS) is 23.7. The average molecular weight is 518 g/mol. The molecule has 2 aromatic heterocycles. The number of carbonyl (C=O) groups is 1. The molecule has 0 bridgehead atoms. The van der Waals surface area contributed by atoms with E-state index >= 15 is 0 Å². The largest absolute Gasteiger partial charge is 0.396 e. The minimum Gasteiger partial charge on any atom is -0.356 e. The Labute approximate surface area is 214 Å². The summed E-state index contributed by atoms with van der Waals surface area (Å²) < 4.78 is 44.0. The molecule has 1 atom stereocenters. The zero-order chi connectivity index (χ0) is 25.6. The molecule has 0 radical (unpaired) electrons. The van der Waals surface area contributed by atoms with Crippen LogP contribution in [-0.2, 0) is 11.3 Å². The highest BCUT2D eigenvalue weighted by atomic mass is 19.4. The topological polar surface area (TPSA) is 79.2 Å². The third-order valence-corrected chi connectivity index (χ3v) is 8.62. The molecule has 2 saturated heterocycles. The second-order valence-electron chi connectivity index (χ2n) is 11.0. The molecule has 1 N–H and O–H groups in total. The molecule has 5 heterocycles. The van der Waals surface area contributed by atoms with Gasteiger partial charge in [-0.25, -0.2) is 15.0 Å². The number of fused-ring (bicyclic) bond motifs is 1. The molecule has 2 aromatic rings. The first-order chi connectivity index (χ1) is 17.9. The molecule has 3 aliphatic heterocycles. The van der Waals surface area contributed by atoms with Crippen molar-refractivity contribution in [3.63, 3.8) is 0 Å². The SMILES string of the molecule is O=C1CC(C(F)(F)F)c2c(ncnc2N2CCC(c3nc(C4CCC4)cn3CCN3CCCC3)CC2)N1. The van der Waals surface area contributed by atoms with E-state index < -0.39 is 24.4 Å². The number of piperidine rings is 1. The summed E-state index contributed by atoms with van der Waals surface area (Å²) in [6, 6.07) is 0. The van der Waals surface area contributed by atoms with Gasteiger partial charge < -0.3 is 19.7 Å². The predicted molar refractivity (Wildman–Crippen MR) is 133 cm³/mol. The highest BCUT2D eigenvalue weighted by Crippen LogP contribution is 2.46. The number of alkyl halides is 3. The number of aromatic nitrogens is 4. The fraction of sp³-hybridized carbons (Fsp3) is 0.692. The van der Waals surface area contributed by atoms with Crippen LogP contribution in [0.3, 0.4) is 0 Å². The smallest absolute Gasteiger partial charge is 0.356 e. The molecule has 4 aliphatic rings. The standard InChI is InChI=1S/C26H34F3N7O/c27-26(28,29)19-14-21(37)33-23-22(19)25(31-16-30-23)35-10-6-18(7-11-35)24-32-20(17-4-3-5-17)15-36(24)13-12-34-8-1-2-9-34/h15-19H,1-14H2,(H,30,31,33,37).